The van der Waals surface area contributed by atoms with Gasteiger partial charge in [-0.3, -0.25) is 4.79 Å². The van der Waals surface area contributed by atoms with E-state index in [0.717, 1.165) is 15.6 Å². The van der Waals surface area contributed by atoms with E-state index in [4.69, 9.17) is 5.73 Å². The Hall–Kier alpha value is -1.60. The van der Waals surface area contributed by atoms with Gasteiger partial charge in [-0.25, -0.2) is 4.98 Å². The third kappa shape index (κ3) is 3.68. The number of amides is 1. The van der Waals surface area contributed by atoms with Crippen LogP contribution in [0.5, 0.6) is 0 Å². The van der Waals surface area contributed by atoms with E-state index in [0.29, 0.717) is 5.69 Å². The van der Waals surface area contributed by atoms with Crippen LogP contribution in [0.25, 0.3) is 0 Å². The Morgan fingerprint density at radius 2 is 2.32 bits per heavy atom. The van der Waals surface area contributed by atoms with Crippen molar-refractivity contribution >= 4 is 40.6 Å². The van der Waals surface area contributed by atoms with Gasteiger partial charge in [-0.2, -0.15) is 4.37 Å². The van der Waals surface area contributed by atoms with Crippen molar-refractivity contribution in [2.75, 3.05) is 11.1 Å². The lowest BCUT2D eigenvalue weighted by atomic mass is 10.2. The van der Waals surface area contributed by atoms with E-state index in [-0.39, 0.29) is 11.2 Å². The van der Waals surface area contributed by atoms with Gasteiger partial charge in [0.05, 0.1) is 5.25 Å². The lowest BCUT2D eigenvalue weighted by Crippen LogP contribution is -2.22. The monoisotopic (exact) mass is 294 g/mol. The number of nitrogens with one attached hydrogen (secondary N) is 1. The van der Waals surface area contributed by atoms with E-state index >= 15 is 0 Å². The number of nitrogen functional groups attached to an aromatic ring is 1. The van der Waals surface area contributed by atoms with Gasteiger partial charge < -0.3 is 11.1 Å². The topological polar surface area (TPSA) is 80.9 Å². The van der Waals surface area contributed by atoms with Crippen LogP contribution in [0.2, 0.25) is 0 Å². The molecule has 1 heterocycles. The highest BCUT2D eigenvalue weighted by molar-refractivity contribution is 8.02. The van der Waals surface area contributed by atoms with E-state index in [1.165, 1.54) is 29.6 Å². The third-order valence-corrected chi connectivity index (χ3v) is 4.36. The number of nitrogens with zero attached hydrogens (tertiary/aromatic N) is 2. The van der Waals surface area contributed by atoms with Gasteiger partial charge >= 0.3 is 0 Å². The molecule has 1 unspecified atom stereocenters. The first-order valence-electron chi connectivity index (χ1n) is 5.66. The summed E-state index contributed by atoms with van der Waals surface area (Å²) < 4.78 is 4.69. The van der Waals surface area contributed by atoms with Crippen LogP contribution in [0.3, 0.4) is 0 Å². The normalized spacial score (nSPS) is 12.1. The SMILES string of the molecule is Cc1ccc(N)cc1NC(=O)C(C)Sc1ncns1. The van der Waals surface area contributed by atoms with E-state index < -0.39 is 0 Å². The maximum absolute atomic E-state index is 12.1. The molecule has 3 N–H and O–H groups in total. The Kier molecular flexibility index (Phi) is 4.39. The fourth-order valence-corrected chi connectivity index (χ4v) is 3.02. The second-order valence-electron chi connectivity index (χ2n) is 4.03. The third-order valence-electron chi connectivity index (χ3n) is 2.51. The number of aryl methyl sites for hydroxylation is 1. The molecule has 2 rings (SSSR count). The van der Waals surface area contributed by atoms with Crippen LogP contribution in [0, 0.1) is 6.92 Å². The summed E-state index contributed by atoms with van der Waals surface area (Å²) in [5.74, 6) is -0.0751. The van der Waals surface area contributed by atoms with Crippen molar-refractivity contribution < 1.29 is 4.79 Å². The first-order chi connectivity index (χ1) is 9.06. The summed E-state index contributed by atoms with van der Waals surface area (Å²) in [6, 6.07) is 5.45. The lowest BCUT2D eigenvalue weighted by molar-refractivity contribution is -0.115. The van der Waals surface area contributed by atoms with Crippen molar-refractivity contribution in [2.45, 2.75) is 23.4 Å². The highest BCUT2D eigenvalue weighted by Gasteiger charge is 2.16. The Morgan fingerprint density at radius 3 is 3.00 bits per heavy atom. The molecule has 1 atom stereocenters. The number of anilines is 2. The molecule has 1 aromatic heterocycles. The molecule has 0 bridgehead atoms. The fraction of sp³-hybridized carbons (Fsp3) is 0.250. The highest BCUT2D eigenvalue weighted by atomic mass is 32.2. The first-order valence-corrected chi connectivity index (χ1v) is 7.32. The molecule has 0 fully saturated rings. The summed E-state index contributed by atoms with van der Waals surface area (Å²) in [5, 5.41) is 2.64. The summed E-state index contributed by atoms with van der Waals surface area (Å²) in [6.45, 7) is 3.76. The van der Waals surface area contributed by atoms with Crippen molar-refractivity contribution in [2.24, 2.45) is 0 Å². The number of aromatic nitrogens is 2. The van der Waals surface area contributed by atoms with Crippen LogP contribution in [-0.4, -0.2) is 20.5 Å². The molecule has 0 spiro atoms. The number of carbonyl (C=O) groups excluding carboxylic acids is 1. The van der Waals surface area contributed by atoms with Crippen LogP contribution >= 0.6 is 23.3 Å². The number of hydrogen-bond acceptors (Lipinski definition) is 6. The molecule has 0 aliphatic heterocycles. The minimum absolute atomic E-state index is 0.0751. The predicted molar refractivity (Wildman–Crippen MR) is 79.4 cm³/mol. The fourth-order valence-electron chi connectivity index (χ4n) is 1.43. The lowest BCUT2D eigenvalue weighted by Gasteiger charge is -2.12. The average Bonchev–Trinajstić information content (AvgIpc) is 2.86. The smallest absolute Gasteiger partial charge is 0.237 e. The Morgan fingerprint density at radius 1 is 1.53 bits per heavy atom. The summed E-state index contributed by atoms with van der Waals surface area (Å²) in [6.07, 6.45) is 1.49. The molecule has 7 heteroatoms. The molecule has 0 aliphatic carbocycles. The summed E-state index contributed by atoms with van der Waals surface area (Å²) in [7, 11) is 0. The number of nitrogens with two attached hydrogens (primary N) is 1. The molecule has 0 saturated heterocycles. The number of hydrogen-bond donors (Lipinski definition) is 2. The minimum Gasteiger partial charge on any atom is -0.399 e. The summed E-state index contributed by atoms with van der Waals surface area (Å²) in [5.41, 5.74) is 8.07. The van der Waals surface area contributed by atoms with E-state index in [1.54, 1.807) is 6.07 Å². The summed E-state index contributed by atoms with van der Waals surface area (Å²) >= 11 is 2.67. The Balaban J connectivity index is 2.02. The maximum atomic E-state index is 12.1. The molecule has 0 radical (unpaired) electrons. The van der Waals surface area contributed by atoms with E-state index in [9.17, 15) is 4.79 Å². The molecule has 1 aromatic carbocycles. The molecular weight excluding hydrogens is 280 g/mol. The number of thioether (sulfide) groups is 1. The van der Waals surface area contributed by atoms with Crippen molar-refractivity contribution in [3.05, 3.63) is 30.1 Å². The van der Waals surface area contributed by atoms with Gasteiger partial charge in [-0.15, -0.1) is 0 Å². The highest BCUT2D eigenvalue weighted by Crippen LogP contribution is 2.25. The van der Waals surface area contributed by atoms with Crippen molar-refractivity contribution in [1.82, 2.24) is 9.36 Å². The average molecular weight is 294 g/mol. The quantitative estimate of drug-likeness (QED) is 0.669. The molecule has 2 aromatic rings. The number of rotatable bonds is 4. The Bertz CT molecular complexity index is 571. The van der Waals surface area contributed by atoms with Gasteiger partial charge in [0.2, 0.25) is 5.91 Å². The standard InChI is InChI=1S/C12H14N4OS2/c1-7-3-4-9(13)5-10(7)16-11(17)8(2)18-12-14-6-15-19-12/h3-6,8H,13H2,1-2H3,(H,16,17). The second kappa shape index (κ2) is 6.03. The molecule has 100 valence electrons. The Labute approximate surface area is 119 Å². The van der Waals surface area contributed by atoms with Crippen molar-refractivity contribution in [1.29, 1.82) is 0 Å². The van der Waals surface area contributed by atoms with Gasteiger partial charge in [-0.1, -0.05) is 17.8 Å². The zero-order chi connectivity index (χ0) is 13.8. The molecule has 0 aliphatic rings. The van der Waals surface area contributed by atoms with E-state index in [1.807, 2.05) is 26.0 Å². The second-order valence-corrected chi connectivity index (χ2v) is 6.40. The van der Waals surface area contributed by atoms with Crippen LogP contribution in [-0.2, 0) is 4.79 Å². The largest absolute Gasteiger partial charge is 0.399 e. The number of benzene rings is 1. The summed E-state index contributed by atoms with van der Waals surface area (Å²) in [4.78, 5) is 16.1. The molecule has 5 nitrogen and oxygen atoms in total. The molecule has 19 heavy (non-hydrogen) atoms. The zero-order valence-electron chi connectivity index (χ0n) is 10.6. The van der Waals surface area contributed by atoms with E-state index in [2.05, 4.69) is 14.7 Å². The maximum Gasteiger partial charge on any atom is 0.237 e. The molecule has 1 amide bonds. The zero-order valence-corrected chi connectivity index (χ0v) is 12.2. The minimum atomic E-state index is -0.242. The van der Waals surface area contributed by atoms with Crippen LogP contribution in [0.4, 0.5) is 11.4 Å². The van der Waals surface area contributed by atoms with Gasteiger partial charge in [0, 0.05) is 11.4 Å². The van der Waals surface area contributed by atoms with Gasteiger partial charge in [0.15, 0.2) is 4.34 Å². The van der Waals surface area contributed by atoms with Gasteiger partial charge in [-0.05, 0) is 43.1 Å². The first kappa shape index (κ1) is 13.8. The van der Waals surface area contributed by atoms with Crippen molar-refractivity contribution in [3.8, 4) is 0 Å². The van der Waals surface area contributed by atoms with Crippen LogP contribution in [0.1, 0.15) is 12.5 Å². The predicted octanol–water partition coefficient (Wildman–Crippen LogP) is 2.55. The number of carbonyl (C=O) groups is 1. The van der Waals surface area contributed by atoms with Gasteiger partial charge in [0.1, 0.15) is 6.33 Å². The van der Waals surface area contributed by atoms with Gasteiger partial charge in [0.25, 0.3) is 0 Å². The van der Waals surface area contributed by atoms with Crippen LogP contribution < -0.4 is 11.1 Å². The molecule has 0 saturated carbocycles. The van der Waals surface area contributed by atoms with Crippen molar-refractivity contribution in [3.63, 3.8) is 0 Å². The van der Waals surface area contributed by atoms with Crippen LogP contribution in [0.15, 0.2) is 28.9 Å². The molecular formula is C12H14N4OS2.